The minimum Gasteiger partial charge on any atom is -0.368 e. The maximum absolute atomic E-state index is 6.26. The van der Waals surface area contributed by atoms with Crippen molar-refractivity contribution in [3.05, 3.63) is 47.5 Å². The molecule has 1 aromatic heterocycles. The van der Waals surface area contributed by atoms with Gasteiger partial charge in [0.1, 0.15) is 5.82 Å². The second kappa shape index (κ2) is 5.85. The lowest BCUT2D eigenvalue weighted by Crippen LogP contribution is -2.46. The lowest BCUT2D eigenvalue weighted by Gasteiger charge is -2.36. The summed E-state index contributed by atoms with van der Waals surface area (Å²) in [6.45, 7) is 5.01. The number of halogens is 1. The number of nitrogens with zero attached hydrogens (tertiary/aromatic N) is 4. The molecule has 20 heavy (non-hydrogen) atoms. The third-order valence-corrected chi connectivity index (χ3v) is 4.17. The Morgan fingerprint density at radius 1 is 1.15 bits per heavy atom. The number of piperazine rings is 1. The summed E-state index contributed by atoms with van der Waals surface area (Å²) in [5.41, 5.74) is 1.14. The maximum Gasteiger partial charge on any atom is 0.122 e. The Labute approximate surface area is 124 Å². The van der Waals surface area contributed by atoms with Crippen LogP contribution in [0.5, 0.6) is 0 Å². The van der Waals surface area contributed by atoms with Crippen LogP contribution in [0, 0.1) is 0 Å². The van der Waals surface area contributed by atoms with Crippen molar-refractivity contribution in [2.24, 2.45) is 7.05 Å². The van der Waals surface area contributed by atoms with Crippen LogP contribution in [-0.2, 0) is 13.6 Å². The summed E-state index contributed by atoms with van der Waals surface area (Å²) in [5, 5.41) is 0.838. The van der Waals surface area contributed by atoms with E-state index in [9.17, 15) is 0 Å². The third kappa shape index (κ3) is 2.81. The van der Waals surface area contributed by atoms with Gasteiger partial charge in [0.2, 0.25) is 0 Å². The Hall–Kier alpha value is -1.52. The molecule has 1 saturated heterocycles. The number of aryl methyl sites for hydroxylation is 1. The molecule has 0 radical (unpaired) electrons. The van der Waals surface area contributed by atoms with Gasteiger partial charge in [0.05, 0.1) is 17.3 Å². The maximum atomic E-state index is 6.26. The van der Waals surface area contributed by atoms with Crippen LogP contribution >= 0.6 is 11.6 Å². The molecule has 0 amide bonds. The largest absolute Gasteiger partial charge is 0.368 e. The van der Waals surface area contributed by atoms with Crippen LogP contribution in [0.2, 0.25) is 5.02 Å². The van der Waals surface area contributed by atoms with Crippen molar-refractivity contribution in [1.29, 1.82) is 0 Å². The molecular weight excluding hydrogens is 272 g/mol. The van der Waals surface area contributed by atoms with Gasteiger partial charge in [-0.1, -0.05) is 23.7 Å². The molecule has 0 aliphatic carbocycles. The van der Waals surface area contributed by atoms with Crippen LogP contribution < -0.4 is 4.90 Å². The first-order valence-corrected chi connectivity index (χ1v) is 7.30. The molecule has 0 atom stereocenters. The summed E-state index contributed by atoms with van der Waals surface area (Å²) in [7, 11) is 2.04. The highest BCUT2D eigenvalue weighted by Crippen LogP contribution is 2.26. The Bertz CT molecular complexity index is 573. The first kappa shape index (κ1) is 13.5. The van der Waals surface area contributed by atoms with Gasteiger partial charge in [-0.25, -0.2) is 4.98 Å². The van der Waals surface area contributed by atoms with Crippen molar-refractivity contribution >= 4 is 17.3 Å². The Morgan fingerprint density at radius 2 is 1.90 bits per heavy atom. The molecular formula is C15H19ClN4. The summed E-state index contributed by atoms with van der Waals surface area (Å²) in [6.07, 6.45) is 3.85. The summed E-state index contributed by atoms with van der Waals surface area (Å²) in [4.78, 5) is 9.19. The molecule has 1 aromatic carbocycles. The van der Waals surface area contributed by atoms with E-state index in [2.05, 4.69) is 25.4 Å². The molecule has 1 aliphatic heterocycles. The highest BCUT2D eigenvalue weighted by atomic mass is 35.5. The van der Waals surface area contributed by atoms with Crippen molar-refractivity contribution in [2.75, 3.05) is 31.1 Å². The predicted octanol–water partition coefficient (Wildman–Crippen LogP) is 2.40. The van der Waals surface area contributed by atoms with E-state index in [1.54, 1.807) is 0 Å². The minimum absolute atomic E-state index is 0.838. The summed E-state index contributed by atoms with van der Waals surface area (Å²) < 4.78 is 2.08. The molecule has 0 unspecified atom stereocenters. The zero-order valence-electron chi connectivity index (χ0n) is 11.7. The molecule has 106 valence electrons. The minimum atomic E-state index is 0.838. The lowest BCUT2D eigenvalue weighted by molar-refractivity contribution is 0.242. The SMILES string of the molecule is Cn1ccnc1CN1CCN(c2ccccc2Cl)CC1. The van der Waals surface area contributed by atoms with Crippen molar-refractivity contribution in [3.63, 3.8) is 0 Å². The molecule has 2 aromatic rings. The number of rotatable bonds is 3. The van der Waals surface area contributed by atoms with E-state index in [1.807, 2.05) is 37.6 Å². The molecule has 0 saturated carbocycles. The fourth-order valence-corrected chi connectivity index (χ4v) is 2.86. The van der Waals surface area contributed by atoms with Gasteiger partial charge in [-0.05, 0) is 12.1 Å². The quantitative estimate of drug-likeness (QED) is 0.867. The topological polar surface area (TPSA) is 24.3 Å². The first-order chi connectivity index (χ1) is 9.74. The number of hydrogen-bond acceptors (Lipinski definition) is 3. The van der Waals surface area contributed by atoms with Crippen LogP contribution in [0.3, 0.4) is 0 Å². The monoisotopic (exact) mass is 290 g/mol. The molecule has 5 heteroatoms. The lowest BCUT2D eigenvalue weighted by atomic mass is 10.2. The average Bonchev–Trinajstić information content (AvgIpc) is 2.86. The Balaban J connectivity index is 1.60. The second-order valence-corrected chi connectivity index (χ2v) is 5.58. The van der Waals surface area contributed by atoms with Crippen LogP contribution in [0.15, 0.2) is 36.7 Å². The van der Waals surface area contributed by atoms with E-state index in [-0.39, 0.29) is 0 Å². The number of hydrogen-bond donors (Lipinski definition) is 0. The molecule has 1 fully saturated rings. The standard InChI is InChI=1S/C15H19ClN4/c1-18-7-6-17-15(18)12-19-8-10-20(11-9-19)14-5-3-2-4-13(14)16/h2-7H,8-12H2,1H3. The van der Waals surface area contributed by atoms with Gasteiger partial charge < -0.3 is 9.47 Å². The highest BCUT2D eigenvalue weighted by molar-refractivity contribution is 6.33. The zero-order chi connectivity index (χ0) is 13.9. The molecule has 0 N–H and O–H groups in total. The number of para-hydroxylation sites is 1. The Kier molecular flexibility index (Phi) is 3.94. The summed E-state index contributed by atoms with van der Waals surface area (Å²) >= 11 is 6.26. The van der Waals surface area contributed by atoms with Crippen molar-refractivity contribution < 1.29 is 0 Å². The first-order valence-electron chi connectivity index (χ1n) is 6.92. The van der Waals surface area contributed by atoms with Gasteiger partial charge in [-0.15, -0.1) is 0 Å². The Morgan fingerprint density at radius 3 is 2.55 bits per heavy atom. The van der Waals surface area contributed by atoms with Gasteiger partial charge in [-0.2, -0.15) is 0 Å². The smallest absolute Gasteiger partial charge is 0.122 e. The van der Waals surface area contributed by atoms with E-state index < -0.39 is 0 Å². The fourth-order valence-electron chi connectivity index (χ4n) is 2.60. The molecule has 0 spiro atoms. The zero-order valence-corrected chi connectivity index (χ0v) is 12.4. The molecule has 2 heterocycles. The average molecular weight is 291 g/mol. The molecule has 1 aliphatic rings. The van der Waals surface area contributed by atoms with Crippen LogP contribution in [0.25, 0.3) is 0 Å². The van der Waals surface area contributed by atoms with E-state index in [4.69, 9.17) is 11.6 Å². The number of benzene rings is 1. The van der Waals surface area contributed by atoms with E-state index >= 15 is 0 Å². The van der Waals surface area contributed by atoms with E-state index in [0.29, 0.717) is 0 Å². The molecule has 4 nitrogen and oxygen atoms in total. The third-order valence-electron chi connectivity index (χ3n) is 3.85. The van der Waals surface area contributed by atoms with Crippen LogP contribution in [0.1, 0.15) is 5.82 Å². The second-order valence-electron chi connectivity index (χ2n) is 5.17. The van der Waals surface area contributed by atoms with Gasteiger partial charge >= 0.3 is 0 Å². The van der Waals surface area contributed by atoms with Crippen molar-refractivity contribution in [1.82, 2.24) is 14.5 Å². The molecule has 3 rings (SSSR count). The highest BCUT2D eigenvalue weighted by Gasteiger charge is 2.19. The van der Waals surface area contributed by atoms with Crippen molar-refractivity contribution in [2.45, 2.75) is 6.54 Å². The van der Waals surface area contributed by atoms with Crippen molar-refractivity contribution in [3.8, 4) is 0 Å². The predicted molar refractivity (Wildman–Crippen MR) is 82.2 cm³/mol. The number of aromatic nitrogens is 2. The van der Waals surface area contributed by atoms with Crippen LogP contribution in [-0.4, -0.2) is 40.6 Å². The van der Waals surface area contributed by atoms with Gasteiger partial charge in [-0.3, -0.25) is 4.90 Å². The van der Waals surface area contributed by atoms with E-state index in [0.717, 1.165) is 49.3 Å². The molecule has 0 bridgehead atoms. The van der Waals surface area contributed by atoms with E-state index in [1.165, 1.54) is 0 Å². The van der Waals surface area contributed by atoms with Crippen LogP contribution in [0.4, 0.5) is 5.69 Å². The van der Waals surface area contributed by atoms with Gasteiger partial charge in [0, 0.05) is 45.6 Å². The normalized spacial score (nSPS) is 16.6. The number of imidazole rings is 1. The van der Waals surface area contributed by atoms with Gasteiger partial charge in [0.25, 0.3) is 0 Å². The van der Waals surface area contributed by atoms with Gasteiger partial charge in [0.15, 0.2) is 0 Å². The summed E-state index contributed by atoms with van der Waals surface area (Å²) in [5.74, 6) is 1.12. The number of anilines is 1. The fraction of sp³-hybridized carbons (Fsp3) is 0.400. The summed E-state index contributed by atoms with van der Waals surface area (Å²) in [6, 6.07) is 8.07.